The molecule has 2 N–H and O–H groups in total. The number of nitro groups is 1. The van der Waals surface area contributed by atoms with Crippen molar-refractivity contribution in [3.05, 3.63) is 63.8 Å². The molecule has 0 bridgehead atoms. The number of carbonyl (C=O) groups is 3. The number of hydrogen-bond acceptors (Lipinski definition) is 7. The molecule has 170 valence electrons. The Labute approximate surface area is 189 Å². The first-order valence-electron chi connectivity index (χ1n) is 9.73. The lowest BCUT2D eigenvalue weighted by atomic mass is 10.1. The highest BCUT2D eigenvalue weighted by Gasteiger charge is 2.26. The maximum absolute atomic E-state index is 12.9. The summed E-state index contributed by atoms with van der Waals surface area (Å²) in [6.45, 7) is 1.64. The molecule has 10 nitrogen and oxygen atoms in total. The van der Waals surface area contributed by atoms with Crippen molar-refractivity contribution >= 4 is 41.0 Å². The molecular weight excluding hydrogens is 434 g/mol. The van der Waals surface area contributed by atoms with Gasteiger partial charge < -0.3 is 15.5 Å². The number of pyridine rings is 1. The molecule has 11 heteroatoms. The molecule has 1 heterocycles. The molecule has 0 aliphatic rings. The molecule has 0 saturated carbocycles. The van der Waals surface area contributed by atoms with Crippen molar-refractivity contribution < 1.29 is 19.3 Å². The third-order valence-corrected chi connectivity index (χ3v) is 5.12. The van der Waals surface area contributed by atoms with E-state index in [9.17, 15) is 24.5 Å². The van der Waals surface area contributed by atoms with Crippen LogP contribution < -0.4 is 10.6 Å². The van der Waals surface area contributed by atoms with Crippen LogP contribution in [0.3, 0.4) is 0 Å². The number of nitrogens with zero attached hydrogens (tertiary/aromatic N) is 3. The molecule has 1 aromatic heterocycles. The molecule has 0 spiro atoms. The van der Waals surface area contributed by atoms with Gasteiger partial charge in [-0.3, -0.25) is 24.5 Å². The van der Waals surface area contributed by atoms with Gasteiger partial charge in [0.15, 0.2) is 0 Å². The quantitative estimate of drug-likeness (QED) is 0.411. The molecule has 0 radical (unpaired) electrons. The van der Waals surface area contributed by atoms with Gasteiger partial charge in [0.1, 0.15) is 11.9 Å². The molecule has 1 atom stereocenters. The van der Waals surface area contributed by atoms with Crippen molar-refractivity contribution in [1.82, 2.24) is 15.2 Å². The number of nitrogens with one attached hydrogen (secondary N) is 2. The topological polar surface area (TPSA) is 135 Å². The van der Waals surface area contributed by atoms with E-state index in [1.54, 1.807) is 18.3 Å². The number of benzene rings is 1. The molecule has 1 unspecified atom stereocenters. The Morgan fingerprint density at radius 3 is 2.66 bits per heavy atom. The van der Waals surface area contributed by atoms with Crippen molar-refractivity contribution in [3.63, 3.8) is 0 Å². The number of thioether (sulfide) groups is 1. The SMILES string of the molecule is CSCCC(NC(=O)c1cccc([N+](=O)[O-])c1)C(=O)N(C)CC(=O)Nc1cc(C)ccn1. The fourth-order valence-corrected chi connectivity index (χ4v) is 3.31. The molecule has 0 aliphatic carbocycles. The van der Waals surface area contributed by atoms with E-state index in [0.29, 0.717) is 18.0 Å². The lowest BCUT2D eigenvalue weighted by molar-refractivity contribution is -0.384. The monoisotopic (exact) mass is 459 g/mol. The van der Waals surface area contributed by atoms with E-state index < -0.39 is 28.7 Å². The third-order valence-electron chi connectivity index (χ3n) is 4.47. The summed E-state index contributed by atoms with van der Waals surface area (Å²) in [4.78, 5) is 53.5. The van der Waals surface area contributed by atoms with Gasteiger partial charge in [0.2, 0.25) is 11.8 Å². The molecule has 0 fully saturated rings. The van der Waals surface area contributed by atoms with Crippen LogP contribution in [0.25, 0.3) is 0 Å². The predicted molar refractivity (Wildman–Crippen MR) is 123 cm³/mol. The number of nitro benzene ring substituents is 1. The van der Waals surface area contributed by atoms with Gasteiger partial charge in [-0.25, -0.2) is 4.98 Å². The first-order valence-corrected chi connectivity index (χ1v) is 11.1. The minimum absolute atomic E-state index is 0.0760. The van der Waals surface area contributed by atoms with Crippen LogP contribution >= 0.6 is 11.8 Å². The molecule has 2 aromatic rings. The van der Waals surface area contributed by atoms with Gasteiger partial charge in [-0.15, -0.1) is 0 Å². The van der Waals surface area contributed by atoms with E-state index in [0.717, 1.165) is 11.6 Å². The smallest absolute Gasteiger partial charge is 0.270 e. The maximum atomic E-state index is 12.9. The predicted octanol–water partition coefficient (Wildman–Crippen LogP) is 2.25. The zero-order chi connectivity index (χ0) is 23.7. The largest absolute Gasteiger partial charge is 0.340 e. The van der Waals surface area contributed by atoms with Gasteiger partial charge in [0.25, 0.3) is 11.6 Å². The van der Waals surface area contributed by atoms with E-state index in [4.69, 9.17) is 0 Å². The van der Waals surface area contributed by atoms with Crippen molar-refractivity contribution in [3.8, 4) is 0 Å². The third kappa shape index (κ3) is 7.34. The van der Waals surface area contributed by atoms with Crippen LogP contribution in [-0.4, -0.2) is 64.2 Å². The van der Waals surface area contributed by atoms with Gasteiger partial charge in [0, 0.05) is 30.9 Å². The van der Waals surface area contributed by atoms with Crippen LogP contribution in [0.1, 0.15) is 22.3 Å². The molecule has 3 amide bonds. The second kappa shape index (κ2) is 11.8. The first kappa shape index (κ1) is 24.8. The highest BCUT2D eigenvalue weighted by atomic mass is 32.2. The molecular formula is C21H25N5O5S. The van der Waals surface area contributed by atoms with E-state index in [1.807, 2.05) is 13.2 Å². The van der Waals surface area contributed by atoms with Crippen LogP contribution in [0.2, 0.25) is 0 Å². The fourth-order valence-electron chi connectivity index (χ4n) is 2.84. The Kier molecular flexibility index (Phi) is 9.14. The minimum Gasteiger partial charge on any atom is -0.340 e. The zero-order valence-corrected chi connectivity index (χ0v) is 18.8. The van der Waals surface area contributed by atoms with Crippen LogP contribution in [0.4, 0.5) is 11.5 Å². The number of hydrogen-bond donors (Lipinski definition) is 2. The van der Waals surface area contributed by atoms with Crippen molar-refractivity contribution in [2.45, 2.75) is 19.4 Å². The molecule has 0 saturated heterocycles. The van der Waals surface area contributed by atoms with Crippen LogP contribution in [-0.2, 0) is 9.59 Å². The second-order valence-electron chi connectivity index (χ2n) is 7.08. The normalized spacial score (nSPS) is 11.3. The molecule has 0 aliphatic heterocycles. The Bertz CT molecular complexity index is 1000. The minimum atomic E-state index is -0.885. The van der Waals surface area contributed by atoms with E-state index in [-0.39, 0.29) is 17.8 Å². The number of amides is 3. The summed E-state index contributed by atoms with van der Waals surface area (Å²) in [6, 6.07) is 7.89. The number of rotatable bonds is 10. The lowest BCUT2D eigenvalue weighted by Gasteiger charge is -2.24. The maximum Gasteiger partial charge on any atom is 0.270 e. The highest BCUT2D eigenvalue weighted by Crippen LogP contribution is 2.14. The number of aromatic nitrogens is 1. The van der Waals surface area contributed by atoms with Crippen LogP contribution in [0, 0.1) is 17.0 Å². The van der Waals surface area contributed by atoms with Gasteiger partial charge >= 0.3 is 0 Å². The summed E-state index contributed by atoms with van der Waals surface area (Å²) >= 11 is 1.51. The lowest BCUT2D eigenvalue weighted by Crippen LogP contribution is -2.49. The second-order valence-corrected chi connectivity index (χ2v) is 8.06. The molecule has 2 rings (SSSR count). The van der Waals surface area contributed by atoms with Crippen molar-refractivity contribution in [2.24, 2.45) is 0 Å². The Morgan fingerprint density at radius 1 is 1.25 bits per heavy atom. The average Bonchev–Trinajstić information content (AvgIpc) is 2.75. The van der Waals surface area contributed by atoms with Crippen molar-refractivity contribution in [2.75, 3.05) is 30.9 Å². The van der Waals surface area contributed by atoms with Crippen LogP contribution in [0.5, 0.6) is 0 Å². The van der Waals surface area contributed by atoms with E-state index in [1.165, 1.54) is 41.9 Å². The standard InChI is InChI=1S/C21H25N5O5S/c1-14-7-9-22-18(11-14)24-19(27)13-25(2)21(29)17(8-10-32-3)23-20(28)15-5-4-6-16(12-15)26(30)31/h4-7,9,11-12,17H,8,10,13H2,1-3H3,(H,23,28)(H,22,24,27). The summed E-state index contributed by atoms with van der Waals surface area (Å²) in [6.07, 6.45) is 3.78. The summed E-state index contributed by atoms with van der Waals surface area (Å²) in [5, 5.41) is 16.2. The van der Waals surface area contributed by atoms with Gasteiger partial charge in [-0.2, -0.15) is 11.8 Å². The summed E-state index contributed by atoms with van der Waals surface area (Å²) in [5.41, 5.74) is 0.788. The first-order chi connectivity index (χ1) is 15.2. The number of carbonyl (C=O) groups excluding carboxylic acids is 3. The van der Waals surface area contributed by atoms with E-state index in [2.05, 4.69) is 15.6 Å². The highest BCUT2D eigenvalue weighted by molar-refractivity contribution is 7.98. The zero-order valence-electron chi connectivity index (χ0n) is 18.0. The number of likely N-dealkylation sites (N-methyl/N-ethyl adjacent to an activating group) is 1. The molecule has 1 aromatic carbocycles. The van der Waals surface area contributed by atoms with Crippen LogP contribution in [0.15, 0.2) is 42.6 Å². The van der Waals surface area contributed by atoms with Gasteiger partial charge in [-0.1, -0.05) is 6.07 Å². The summed E-state index contributed by atoms with van der Waals surface area (Å²) in [5.74, 6) is -0.486. The van der Waals surface area contributed by atoms with E-state index >= 15 is 0 Å². The van der Waals surface area contributed by atoms with Gasteiger partial charge in [0.05, 0.1) is 11.5 Å². The molecule has 32 heavy (non-hydrogen) atoms. The van der Waals surface area contributed by atoms with Gasteiger partial charge in [-0.05, 0) is 49.1 Å². The summed E-state index contributed by atoms with van der Waals surface area (Å²) in [7, 11) is 1.47. The Hall–Kier alpha value is -3.47. The summed E-state index contributed by atoms with van der Waals surface area (Å²) < 4.78 is 0. The Balaban J connectivity index is 2.05. The number of non-ortho nitro benzene ring substituents is 1. The number of anilines is 1. The fraction of sp³-hybridized carbons (Fsp3) is 0.333. The Morgan fingerprint density at radius 2 is 2.00 bits per heavy atom. The average molecular weight is 460 g/mol. The van der Waals surface area contributed by atoms with Crippen molar-refractivity contribution in [1.29, 1.82) is 0 Å². The number of aryl methyl sites for hydroxylation is 1.